The second-order valence-corrected chi connectivity index (χ2v) is 12.9. The summed E-state index contributed by atoms with van der Waals surface area (Å²) in [5, 5.41) is 11.3. The van der Waals surface area contributed by atoms with Crippen molar-refractivity contribution in [2.75, 3.05) is 13.7 Å². The molecule has 0 saturated carbocycles. The molecular formula is C34H32F6N3O5-. The summed E-state index contributed by atoms with van der Waals surface area (Å²) in [5.41, 5.74) is -0.503. The van der Waals surface area contributed by atoms with E-state index in [4.69, 9.17) is 14.5 Å². The minimum atomic E-state index is -5.06. The van der Waals surface area contributed by atoms with E-state index in [2.05, 4.69) is 4.98 Å². The van der Waals surface area contributed by atoms with Crippen LogP contribution in [0.15, 0.2) is 48.2 Å². The molecule has 1 aliphatic carbocycles. The first kappa shape index (κ1) is 34.7. The molecule has 256 valence electrons. The lowest BCUT2D eigenvalue weighted by molar-refractivity contribution is -0.255. The van der Waals surface area contributed by atoms with Gasteiger partial charge in [0.25, 0.3) is 0 Å². The summed E-state index contributed by atoms with van der Waals surface area (Å²) in [6, 6.07) is 4.68. The largest absolute Gasteiger partial charge is 0.545 e. The van der Waals surface area contributed by atoms with Gasteiger partial charge in [-0.2, -0.15) is 26.3 Å². The number of allylic oxidation sites excluding steroid dienone is 1. The molecule has 0 spiro atoms. The van der Waals surface area contributed by atoms with E-state index >= 15 is 0 Å². The first-order valence-corrected chi connectivity index (χ1v) is 15.0. The van der Waals surface area contributed by atoms with Crippen molar-refractivity contribution in [1.82, 2.24) is 14.9 Å². The van der Waals surface area contributed by atoms with Gasteiger partial charge in [-0.3, -0.25) is 4.90 Å². The number of amides is 1. The summed E-state index contributed by atoms with van der Waals surface area (Å²) in [6.45, 7) is 7.29. The Hall–Kier alpha value is -4.62. The van der Waals surface area contributed by atoms with Crippen molar-refractivity contribution < 1.29 is 50.5 Å². The lowest BCUT2D eigenvalue weighted by atomic mass is 9.73. The number of carbonyl (C=O) groups is 2. The summed E-state index contributed by atoms with van der Waals surface area (Å²) >= 11 is 0. The predicted molar refractivity (Wildman–Crippen MR) is 159 cm³/mol. The van der Waals surface area contributed by atoms with E-state index in [1.165, 1.54) is 37.3 Å². The summed E-state index contributed by atoms with van der Waals surface area (Å²) in [5.74, 6) is -0.691. The highest BCUT2D eigenvalue weighted by Crippen LogP contribution is 2.46. The van der Waals surface area contributed by atoms with Crippen LogP contribution in [-0.4, -0.2) is 46.6 Å². The number of aryl methyl sites for hydroxylation is 1. The smallest absolute Gasteiger partial charge is 0.416 e. The molecule has 3 aromatic rings. The van der Waals surface area contributed by atoms with Crippen LogP contribution in [0, 0.1) is 12.3 Å². The maximum Gasteiger partial charge on any atom is 0.416 e. The molecule has 2 aliphatic rings. The number of cyclic esters (lactones) is 1. The van der Waals surface area contributed by atoms with E-state index in [0.29, 0.717) is 53.4 Å². The van der Waals surface area contributed by atoms with E-state index in [1.54, 1.807) is 13.0 Å². The van der Waals surface area contributed by atoms with Crippen molar-refractivity contribution in [3.05, 3.63) is 81.7 Å². The highest BCUT2D eigenvalue weighted by Gasteiger charge is 2.44. The molecule has 1 saturated heterocycles. The number of halogens is 6. The maximum atomic E-state index is 13.6. The van der Waals surface area contributed by atoms with Crippen molar-refractivity contribution >= 4 is 17.6 Å². The molecule has 14 heteroatoms. The summed E-state index contributed by atoms with van der Waals surface area (Å²) in [7, 11) is 1.45. The van der Waals surface area contributed by atoms with Crippen LogP contribution in [-0.2, 0) is 17.1 Å². The molecule has 0 unspecified atom stereocenters. The van der Waals surface area contributed by atoms with Crippen molar-refractivity contribution in [3.63, 3.8) is 0 Å². The van der Waals surface area contributed by atoms with Crippen LogP contribution in [0.4, 0.5) is 31.1 Å². The SMILES string of the molecule is COc1cnc(-c2ccc(C(=O)[O-])cc2C)nc1C1=C(CN2C(=O)O[C@H](c3cc(C(F)(F)F)cc(C(F)(F)F)c3)[C@@H]2C)CC(C)(C)CC1. The third kappa shape index (κ3) is 6.97. The lowest BCUT2D eigenvalue weighted by Crippen LogP contribution is -2.35. The fraction of sp³-hybridized carbons (Fsp3) is 0.412. The van der Waals surface area contributed by atoms with Gasteiger partial charge in [0.1, 0.15) is 11.8 Å². The molecule has 1 amide bonds. The minimum absolute atomic E-state index is 0.00539. The van der Waals surface area contributed by atoms with Crippen LogP contribution in [0.1, 0.15) is 84.4 Å². The molecule has 0 radical (unpaired) electrons. The number of nitrogens with zero attached hydrogens (tertiary/aromatic N) is 3. The number of carbonyl (C=O) groups excluding carboxylic acids is 2. The van der Waals surface area contributed by atoms with Crippen molar-refractivity contribution in [2.24, 2.45) is 5.41 Å². The van der Waals surface area contributed by atoms with Gasteiger partial charge >= 0.3 is 18.4 Å². The van der Waals surface area contributed by atoms with Crippen molar-refractivity contribution in [2.45, 2.75) is 71.5 Å². The van der Waals surface area contributed by atoms with Gasteiger partial charge in [0.05, 0.1) is 36.4 Å². The second-order valence-electron chi connectivity index (χ2n) is 12.9. The molecule has 48 heavy (non-hydrogen) atoms. The van der Waals surface area contributed by atoms with Gasteiger partial charge in [0.2, 0.25) is 0 Å². The average molecular weight is 677 g/mol. The molecule has 2 atom stereocenters. The number of aromatic carboxylic acids is 1. The molecule has 1 aromatic heterocycles. The van der Waals surface area contributed by atoms with Crippen LogP contribution in [0.5, 0.6) is 5.75 Å². The number of carboxylic acid groups (broad SMARTS) is 1. The Morgan fingerprint density at radius 3 is 2.29 bits per heavy atom. The van der Waals surface area contributed by atoms with Crippen LogP contribution in [0.3, 0.4) is 0 Å². The number of benzene rings is 2. The predicted octanol–water partition coefficient (Wildman–Crippen LogP) is 7.41. The van der Waals surface area contributed by atoms with Gasteiger partial charge in [0.15, 0.2) is 11.6 Å². The molecule has 2 aromatic carbocycles. The Bertz CT molecular complexity index is 1770. The Labute approximate surface area is 272 Å². The molecule has 2 heterocycles. The zero-order valence-electron chi connectivity index (χ0n) is 26.7. The average Bonchev–Trinajstić information content (AvgIpc) is 3.27. The van der Waals surface area contributed by atoms with Gasteiger partial charge in [-0.25, -0.2) is 14.8 Å². The number of ether oxygens (including phenoxy) is 2. The summed E-state index contributed by atoms with van der Waals surface area (Å²) in [4.78, 5) is 35.1. The zero-order chi connectivity index (χ0) is 35.3. The number of carboxylic acids is 1. The molecule has 1 aliphatic heterocycles. The van der Waals surface area contributed by atoms with E-state index in [0.717, 1.165) is 17.6 Å². The summed E-state index contributed by atoms with van der Waals surface area (Å²) < 4.78 is 92.6. The summed E-state index contributed by atoms with van der Waals surface area (Å²) in [6.07, 6.45) is -9.16. The molecule has 0 N–H and O–H groups in total. The quantitative estimate of drug-likeness (QED) is 0.240. The van der Waals surface area contributed by atoms with Gasteiger partial charge in [-0.15, -0.1) is 0 Å². The number of alkyl halides is 6. The Morgan fingerprint density at radius 1 is 1.08 bits per heavy atom. The van der Waals surface area contributed by atoms with Crippen molar-refractivity contribution in [1.29, 1.82) is 0 Å². The monoisotopic (exact) mass is 676 g/mol. The third-order valence-corrected chi connectivity index (χ3v) is 8.83. The first-order valence-electron chi connectivity index (χ1n) is 15.0. The van der Waals surface area contributed by atoms with E-state index in [-0.39, 0.29) is 23.6 Å². The van der Waals surface area contributed by atoms with Crippen molar-refractivity contribution in [3.8, 4) is 17.1 Å². The van der Waals surface area contributed by atoms with E-state index < -0.39 is 53.3 Å². The zero-order valence-corrected chi connectivity index (χ0v) is 26.7. The van der Waals surface area contributed by atoms with E-state index in [1.807, 2.05) is 13.8 Å². The number of aromatic nitrogens is 2. The number of methoxy groups -OCH3 is 1. The third-order valence-electron chi connectivity index (χ3n) is 8.83. The van der Waals surface area contributed by atoms with E-state index in [9.17, 15) is 41.0 Å². The van der Waals surface area contributed by atoms with Gasteiger partial charge < -0.3 is 19.4 Å². The molecule has 0 bridgehead atoms. The maximum absolute atomic E-state index is 13.6. The number of rotatable bonds is 7. The van der Waals surface area contributed by atoms with Gasteiger partial charge in [-0.05, 0) is 90.6 Å². The standard InChI is InChI=1S/C34H33F6N3O5/c1-17-10-19(30(44)45)6-7-24(17)29-41-15-26(47-5)27(42-29)25-8-9-32(3,4)14-21(25)16-43-18(2)28(48-31(43)46)20-11-22(33(35,36)37)13-23(12-20)34(38,39)40/h6-7,10-13,15,18,28H,8-9,14,16H2,1-5H3,(H,44,45)/p-1/t18-,28-/m0/s1. The molecule has 5 rings (SSSR count). The fourth-order valence-corrected chi connectivity index (χ4v) is 6.27. The van der Waals surface area contributed by atoms with Gasteiger partial charge in [-0.1, -0.05) is 26.0 Å². The Kier molecular flexibility index (Phi) is 8.99. The normalized spacial score (nSPS) is 19.8. The van der Waals surface area contributed by atoms with Crippen LogP contribution in [0.25, 0.3) is 17.0 Å². The van der Waals surface area contributed by atoms with Crippen LogP contribution in [0.2, 0.25) is 0 Å². The highest BCUT2D eigenvalue weighted by atomic mass is 19.4. The molecule has 1 fully saturated rings. The van der Waals surface area contributed by atoms with Crippen LogP contribution >= 0.6 is 0 Å². The minimum Gasteiger partial charge on any atom is -0.545 e. The lowest BCUT2D eigenvalue weighted by Gasteiger charge is -2.35. The van der Waals surface area contributed by atoms with Gasteiger partial charge in [0, 0.05) is 12.1 Å². The number of hydrogen-bond donors (Lipinski definition) is 0. The molecular weight excluding hydrogens is 644 g/mol. The Morgan fingerprint density at radius 2 is 1.73 bits per heavy atom. The topological polar surface area (TPSA) is 105 Å². The first-order chi connectivity index (χ1) is 22.3. The molecule has 8 nitrogen and oxygen atoms in total. The second kappa shape index (κ2) is 12.4. The van der Waals surface area contributed by atoms with Crippen LogP contribution < -0.4 is 9.84 Å². The fourth-order valence-electron chi connectivity index (χ4n) is 6.27. The Balaban J connectivity index is 1.55. The number of hydrogen-bond acceptors (Lipinski definition) is 7. The highest BCUT2D eigenvalue weighted by molar-refractivity contribution is 5.87.